The third-order valence-electron chi connectivity index (χ3n) is 5.95. The van der Waals surface area contributed by atoms with Gasteiger partial charge >= 0.3 is 5.97 Å². The highest BCUT2D eigenvalue weighted by Crippen LogP contribution is 2.42. The average molecular weight is 386 g/mol. The number of aliphatic carboxylic acids is 1. The Labute approximate surface area is 172 Å². The van der Waals surface area contributed by atoms with Crippen LogP contribution in [-0.2, 0) is 11.2 Å². The fraction of sp³-hybridized carbons (Fsp3) is 0.269. The zero-order chi connectivity index (χ0) is 20.2. The summed E-state index contributed by atoms with van der Waals surface area (Å²) in [7, 11) is 1.91. The second-order valence-corrected chi connectivity index (χ2v) is 8.06. The first-order valence-corrected chi connectivity index (χ1v) is 10.3. The number of aryl methyl sites for hydroxylation is 1. The van der Waals surface area contributed by atoms with E-state index in [-0.39, 0.29) is 6.54 Å². The van der Waals surface area contributed by atoms with Gasteiger partial charge in [0.05, 0.1) is 6.54 Å². The van der Waals surface area contributed by atoms with Crippen LogP contribution in [0.3, 0.4) is 0 Å². The third-order valence-corrected chi connectivity index (χ3v) is 5.95. The number of carboxylic acid groups (broad SMARTS) is 1. The summed E-state index contributed by atoms with van der Waals surface area (Å²) in [6.07, 6.45) is 2.10. The molecule has 0 aliphatic heterocycles. The maximum Gasteiger partial charge on any atom is 0.317 e. The number of fused-ring (bicyclic) bond motifs is 1. The molecule has 4 rings (SSSR count). The number of carbonyl (C=O) groups is 1. The van der Waals surface area contributed by atoms with E-state index in [9.17, 15) is 4.79 Å². The summed E-state index contributed by atoms with van der Waals surface area (Å²) in [5, 5.41) is 9.15. The number of hydrogen-bond donors (Lipinski definition) is 1. The van der Waals surface area contributed by atoms with Crippen LogP contribution in [0.5, 0.6) is 0 Å². The van der Waals surface area contributed by atoms with Crippen molar-refractivity contribution in [3.8, 4) is 11.1 Å². The van der Waals surface area contributed by atoms with Crippen LogP contribution < -0.4 is 0 Å². The molecule has 0 saturated heterocycles. The van der Waals surface area contributed by atoms with Crippen LogP contribution in [-0.4, -0.2) is 36.1 Å². The Kier molecular flexibility index (Phi) is 5.77. The second kappa shape index (κ2) is 8.62. The lowest BCUT2D eigenvalue weighted by Gasteiger charge is -2.36. The highest BCUT2D eigenvalue weighted by atomic mass is 16.4. The Hall–Kier alpha value is -2.91. The summed E-state index contributed by atoms with van der Waals surface area (Å²) in [5.41, 5.74) is 6.62. The molecule has 3 nitrogen and oxygen atoms in total. The number of nitrogens with zero attached hydrogens (tertiary/aromatic N) is 1. The molecular formula is C26H27NO2. The Morgan fingerprint density at radius 3 is 2.34 bits per heavy atom. The molecular weight excluding hydrogens is 358 g/mol. The van der Waals surface area contributed by atoms with E-state index in [2.05, 4.69) is 72.8 Å². The van der Waals surface area contributed by atoms with E-state index >= 15 is 0 Å². The van der Waals surface area contributed by atoms with Gasteiger partial charge in [-0.3, -0.25) is 9.69 Å². The van der Waals surface area contributed by atoms with Crippen LogP contribution >= 0.6 is 0 Å². The summed E-state index contributed by atoms with van der Waals surface area (Å²) >= 11 is 0. The molecule has 0 fully saturated rings. The molecule has 0 radical (unpaired) electrons. The van der Waals surface area contributed by atoms with Crippen molar-refractivity contribution in [2.45, 2.75) is 18.8 Å². The van der Waals surface area contributed by atoms with Gasteiger partial charge in [0.15, 0.2) is 0 Å². The van der Waals surface area contributed by atoms with Gasteiger partial charge in [0, 0.05) is 12.5 Å². The van der Waals surface area contributed by atoms with Crippen LogP contribution in [0.25, 0.3) is 11.1 Å². The maximum atomic E-state index is 11.1. The van der Waals surface area contributed by atoms with E-state index in [1.54, 1.807) is 0 Å². The molecule has 0 heterocycles. The van der Waals surface area contributed by atoms with Gasteiger partial charge in [-0.2, -0.15) is 0 Å². The van der Waals surface area contributed by atoms with Crippen molar-refractivity contribution >= 4 is 5.97 Å². The number of carboxylic acids is 1. The molecule has 3 aromatic rings. The molecule has 0 bridgehead atoms. The number of benzene rings is 3. The van der Waals surface area contributed by atoms with Crippen molar-refractivity contribution in [2.24, 2.45) is 5.92 Å². The van der Waals surface area contributed by atoms with Crippen molar-refractivity contribution in [3.63, 3.8) is 0 Å². The fourth-order valence-electron chi connectivity index (χ4n) is 4.70. The standard InChI is InChI=1S/C26H27NO2/c1-27(18-25(28)29)17-23-13-12-22-16-21(19-8-4-2-5-9-19)14-15-24(22)26(23)20-10-6-3-7-11-20/h2-11,14-16,23,26H,12-13,17-18H2,1H3,(H,28,29). The van der Waals surface area contributed by atoms with Crippen molar-refractivity contribution in [1.82, 2.24) is 4.90 Å². The lowest BCUT2D eigenvalue weighted by atomic mass is 9.71. The summed E-state index contributed by atoms with van der Waals surface area (Å²) in [6, 6.07) is 28.0. The first-order chi connectivity index (χ1) is 14.1. The summed E-state index contributed by atoms with van der Waals surface area (Å²) in [4.78, 5) is 13.1. The van der Waals surface area contributed by atoms with Crippen molar-refractivity contribution in [1.29, 1.82) is 0 Å². The van der Waals surface area contributed by atoms with Crippen molar-refractivity contribution in [3.05, 3.63) is 95.6 Å². The quantitative estimate of drug-likeness (QED) is 0.644. The molecule has 3 heteroatoms. The summed E-state index contributed by atoms with van der Waals surface area (Å²) < 4.78 is 0. The van der Waals surface area contributed by atoms with Crippen LogP contribution in [0.15, 0.2) is 78.9 Å². The highest BCUT2D eigenvalue weighted by Gasteiger charge is 2.31. The van der Waals surface area contributed by atoms with E-state index < -0.39 is 5.97 Å². The summed E-state index contributed by atoms with van der Waals surface area (Å²) in [5.74, 6) is -0.0784. The van der Waals surface area contributed by atoms with E-state index in [1.165, 1.54) is 27.8 Å². The monoisotopic (exact) mass is 385 g/mol. The molecule has 2 unspecified atom stereocenters. The predicted molar refractivity (Wildman–Crippen MR) is 117 cm³/mol. The molecule has 148 valence electrons. The molecule has 0 saturated carbocycles. The Balaban J connectivity index is 1.69. The Morgan fingerprint density at radius 1 is 0.966 bits per heavy atom. The zero-order valence-electron chi connectivity index (χ0n) is 16.8. The van der Waals surface area contributed by atoms with E-state index in [1.807, 2.05) is 18.0 Å². The van der Waals surface area contributed by atoms with E-state index in [4.69, 9.17) is 5.11 Å². The number of rotatable bonds is 6. The minimum Gasteiger partial charge on any atom is -0.480 e. The Morgan fingerprint density at radius 2 is 1.66 bits per heavy atom. The molecule has 1 aliphatic carbocycles. The highest BCUT2D eigenvalue weighted by molar-refractivity contribution is 5.69. The second-order valence-electron chi connectivity index (χ2n) is 8.06. The molecule has 3 aromatic carbocycles. The molecule has 1 aliphatic rings. The maximum absolute atomic E-state index is 11.1. The lowest BCUT2D eigenvalue weighted by Crippen LogP contribution is -2.35. The topological polar surface area (TPSA) is 40.5 Å². The fourth-order valence-corrected chi connectivity index (χ4v) is 4.70. The lowest BCUT2D eigenvalue weighted by molar-refractivity contribution is -0.138. The van der Waals surface area contributed by atoms with Gasteiger partial charge in [0.1, 0.15) is 0 Å². The van der Waals surface area contributed by atoms with Gasteiger partial charge in [-0.05, 0) is 53.6 Å². The van der Waals surface area contributed by atoms with Crippen LogP contribution in [0.1, 0.15) is 29.0 Å². The van der Waals surface area contributed by atoms with Gasteiger partial charge in [0.25, 0.3) is 0 Å². The largest absolute Gasteiger partial charge is 0.480 e. The normalized spacial score (nSPS) is 18.4. The minimum absolute atomic E-state index is 0.0812. The van der Waals surface area contributed by atoms with E-state index in [0.717, 1.165) is 19.4 Å². The van der Waals surface area contributed by atoms with Crippen LogP contribution in [0, 0.1) is 5.92 Å². The first kappa shape index (κ1) is 19.4. The molecule has 29 heavy (non-hydrogen) atoms. The molecule has 2 atom stereocenters. The van der Waals surface area contributed by atoms with E-state index in [0.29, 0.717) is 11.8 Å². The van der Waals surface area contributed by atoms with Gasteiger partial charge in [-0.1, -0.05) is 78.9 Å². The molecule has 0 aromatic heterocycles. The minimum atomic E-state index is -0.771. The van der Waals surface area contributed by atoms with Gasteiger partial charge < -0.3 is 5.11 Å². The predicted octanol–water partition coefficient (Wildman–Crippen LogP) is 5.06. The zero-order valence-corrected chi connectivity index (χ0v) is 16.8. The number of hydrogen-bond acceptors (Lipinski definition) is 2. The van der Waals surface area contributed by atoms with Gasteiger partial charge in [0.2, 0.25) is 0 Å². The SMILES string of the molecule is CN(CC(=O)O)CC1CCc2cc(-c3ccccc3)ccc2C1c1ccccc1. The summed E-state index contributed by atoms with van der Waals surface area (Å²) in [6.45, 7) is 0.865. The molecule has 0 spiro atoms. The number of likely N-dealkylation sites (N-methyl/N-ethyl adjacent to an activating group) is 1. The van der Waals surface area contributed by atoms with Crippen LogP contribution in [0.2, 0.25) is 0 Å². The smallest absolute Gasteiger partial charge is 0.317 e. The molecule has 1 N–H and O–H groups in total. The Bertz CT molecular complexity index is 969. The van der Waals surface area contributed by atoms with Crippen molar-refractivity contribution < 1.29 is 9.90 Å². The van der Waals surface area contributed by atoms with Crippen LogP contribution in [0.4, 0.5) is 0 Å². The first-order valence-electron chi connectivity index (χ1n) is 10.3. The molecule has 0 amide bonds. The van der Waals surface area contributed by atoms with Crippen molar-refractivity contribution in [2.75, 3.05) is 20.1 Å². The average Bonchev–Trinajstić information content (AvgIpc) is 2.74. The van der Waals surface area contributed by atoms with Gasteiger partial charge in [-0.15, -0.1) is 0 Å². The third kappa shape index (κ3) is 4.41. The van der Waals surface area contributed by atoms with Gasteiger partial charge in [-0.25, -0.2) is 0 Å².